The van der Waals surface area contributed by atoms with E-state index in [0.717, 1.165) is 37.8 Å². The van der Waals surface area contributed by atoms with E-state index in [1.54, 1.807) is 35.4 Å². The van der Waals surface area contributed by atoms with E-state index in [0.29, 0.717) is 5.69 Å². The van der Waals surface area contributed by atoms with E-state index in [9.17, 15) is 13.2 Å². The zero-order valence-electron chi connectivity index (χ0n) is 14.8. The average molecular weight is 378 g/mol. The number of carbonyl (C=O) groups excluding carboxylic acids is 1. The van der Waals surface area contributed by atoms with Crippen molar-refractivity contribution in [3.05, 3.63) is 36.8 Å². The molecule has 26 heavy (non-hydrogen) atoms. The number of benzene rings is 1. The molecule has 1 aliphatic heterocycles. The molecule has 1 aromatic carbocycles. The molecule has 0 unspecified atom stereocenters. The van der Waals surface area contributed by atoms with Gasteiger partial charge in [-0.2, -0.15) is 8.42 Å². The van der Waals surface area contributed by atoms with Gasteiger partial charge in [0.05, 0.1) is 11.9 Å². The summed E-state index contributed by atoms with van der Waals surface area (Å²) in [7, 11) is -1.74. The molecular weight excluding hydrogens is 356 g/mol. The van der Waals surface area contributed by atoms with E-state index in [2.05, 4.69) is 10.3 Å². The summed E-state index contributed by atoms with van der Waals surface area (Å²) in [5.74, 6) is 0.234. The fourth-order valence-corrected chi connectivity index (χ4v) is 3.43. The van der Waals surface area contributed by atoms with E-state index in [1.807, 2.05) is 7.05 Å². The SMILES string of the molecule is CN(C(=O)n1cnc(-c2ccc(OS(C)(=O)=O)cc2)c1)C1CCNCC1. The van der Waals surface area contributed by atoms with Gasteiger partial charge in [0.2, 0.25) is 0 Å². The lowest BCUT2D eigenvalue weighted by molar-refractivity contribution is 0.178. The molecule has 3 rings (SSSR count). The molecule has 1 N–H and O–H groups in total. The lowest BCUT2D eigenvalue weighted by Crippen LogP contribution is -2.45. The monoisotopic (exact) mass is 378 g/mol. The molecule has 2 aromatic rings. The van der Waals surface area contributed by atoms with Crippen molar-refractivity contribution in [2.24, 2.45) is 0 Å². The Morgan fingerprint density at radius 3 is 2.54 bits per heavy atom. The van der Waals surface area contributed by atoms with Crippen LogP contribution in [0.1, 0.15) is 12.8 Å². The summed E-state index contributed by atoms with van der Waals surface area (Å²) in [5, 5.41) is 3.29. The molecule has 1 fully saturated rings. The van der Waals surface area contributed by atoms with Gasteiger partial charge in [0.15, 0.2) is 0 Å². The van der Waals surface area contributed by atoms with Gasteiger partial charge in [-0.3, -0.25) is 4.57 Å². The molecule has 1 amide bonds. The van der Waals surface area contributed by atoms with Crippen LogP contribution in [-0.2, 0) is 10.1 Å². The lowest BCUT2D eigenvalue weighted by Gasteiger charge is -2.31. The number of nitrogens with one attached hydrogen (secondary N) is 1. The summed E-state index contributed by atoms with van der Waals surface area (Å²) < 4.78 is 28.6. The molecule has 2 heterocycles. The minimum Gasteiger partial charge on any atom is -0.383 e. The van der Waals surface area contributed by atoms with Crippen LogP contribution in [0, 0.1) is 0 Å². The molecule has 0 saturated carbocycles. The van der Waals surface area contributed by atoms with Crippen LogP contribution in [-0.4, -0.2) is 61.3 Å². The highest BCUT2D eigenvalue weighted by atomic mass is 32.2. The van der Waals surface area contributed by atoms with Crippen LogP contribution in [0.4, 0.5) is 4.79 Å². The summed E-state index contributed by atoms with van der Waals surface area (Å²) in [6.07, 6.45) is 6.03. The number of rotatable bonds is 4. The van der Waals surface area contributed by atoms with Gasteiger partial charge in [0, 0.05) is 24.8 Å². The Morgan fingerprint density at radius 2 is 1.92 bits per heavy atom. The van der Waals surface area contributed by atoms with E-state index >= 15 is 0 Å². The Labute approximate surface area is 152 Å². The molecule has 0 atom stereocenters. The van der Waals surface area contributed by atoms with Crippen LogP contribution in [0.5, 0.6) is 5.75 Å². The number of nitrogens with zero attached hydrogens (tertiary/aromatic N) is 3. The Kier molecular flexibility index (Phi) is 5.28. The van der Waals surface area contributed by atoms with Crippen molar-refractivity contribution < 1.29 is 17.4 Å². The zero-order valence-corrected chi connectivity index (χ0v) is 15.6. The van der Waals surface area contributed by atoms with Crippen molar-refractivity contribution in [2.45, 2.75) is 18.9 Å². The van der Waals surface area contributed by atoms with Gasteiger partial charge in [-0.05, 0) is 50.2 Å². The number of amides is 1. The Bertz CT molecular complexity index is 870. The predicted octanol–water partition coefficient (Wildman–Crippen LogP) is 1.54. The summed E-state index contributed by atoms with van der Waals surface area (Å²) in [5.41, 5.74) is 1.39. The van der Waals surface area contributed by atoms with Gasteiger partial charge in [-0.15, -0.1) is 0 Å². The Hall–Kier alpha value is -2.39. The molecule has 0 radical (unpaired) electrons. The van der Waals surface area contributed by atoms with Crippen LogP contribution >= 0.6 is 0 Å². The highest BCUT2D eigenvalue weighted by molar-refractivity contribution is 7.86. The molecule has 0 bridgehead atoms. The van der Waals surface area contributed by atoms with Gasteiger partial charge >= 0.3 is 16.1 Å². The molecule has 8 nitrogen and oxygen atoms in total. The standard InChI is InChI=1S/C17H22N4O4S/c1-20(14-7-9-18-10-8-14)17(22)21-11-16(19-12-21)13-3-5-15(6-4-13)25-26(2,23)24/h3-6,11-12,14,18H,7-10H2,1-2H3. The van der Waals surface area contributed by atoms with Gasteiger partial charge < -0.3 is 14.4 Å². The van der Waals surface area contributed by atoms with E-state index in [-0.39, 0.29) is 17.8 Å². The smallest absolute Gasteiger partial charge is 0.329 e. The third-order valence-corrected chi connectivity index (χ3v) is 4.85. The topological polar surface area (TPSA) is 93.5 Å². The van der Waals surface area contributed by atoms with Crippen molar-refractivity contribution in [3.63, 3.8) is 0 Å². The first-order valence-corrected chi connectivity index (χ1v) is 10.2. The lowest BCUT2D eigenvalue weighted by atomic mass is 10.1. The molecule has 140 valence electrons. The maximum atomic E-state index is 12.6. The van der Waals surface area contributed by atoms with Gasteiger partial charge in [-0.25, -0.2) is 9.78 Å². The number of hydrogen-bond acceptors (Lipinski definition) is 6. The van der Waals surface area contributed by atoms with Crippen LogP contribution in [0.15, 0.2) is 36.8 Å². The fourth-order valence-electron chi connectivity index (χ4n) is 2.96. The normalized spacial score (nSPS) is 15.6. The van der Waals surface area contributed by atoms with Crippen molar-refractivity contribution >= 4 is 16.1 Å². The van der Waals surface area contributed by atoms with Crippen molar-refractivity contribution in [3.8, 4) is 17.0 Å². The van der Waals surface area contributed by atoms with Crippen LogP contribution < -0.4 is 9.50 Å². The molecule has 9 heteroatoms. The molecule has 1 aliphatic rings. The van der Waals surface area contributed by atoms with Gasteiger partial charge in [0.25, 0.3) is 0 Å². The van der Waals surface area contributed by atoms with Crippen LogP contribution in [0.3, 0.4) is 0 Å². The number of piperidine rings is 1. The highest BCUT2D eigenvalue weighted by Gasteiger charge is 2.23. The number of aromatic nitrogens is 2. The summed E-state index contributed by atoms with van der Waals surface area (Å²) >= 11 is 0. The molecule has 1 aromatic heterocycles. The number of hydrogen-bond donors (Lipinski definition) is 1. The van der Waals surface area contributed by atoms with Crippen LogP contribution in [0.25, 0.3) is 11.3 Å². The zero-order chi connectivity index (χ0) is 18.7. The predicted molar refractivity (Wildman–Crippen MR) is 97.6 cm³/mol. The Morgan fingerprint density at radius 1 is 1.27 bits per heavy atom. The van der Waals surface area contributed by atoms with Gasteiger partial charge in [-0.1, -0.05) is 0 Å². The second-order valence-corrected chi connectivity index (χ2v) is 7.93. The van der Waals surface area contributed by atoms with Crippen molar-refractivity contribution in [1.29, 1.82) is 0 Å². The summed E-state index contributed by atoms with van der Waals surface area (Å²) in [6.45, 7) is 1.83. The first-order chi connectivity index (χ1) is 12.3. The Balaban J connectivity index is 1.71. The van der Waals surface area contributed by atoms with E-state index in [4.69, 9.17) is 4.18 Å². The molecule has 1 saturated heterocycles. The molecule has 0 spiro atoms. The highest BCUT2D eigenvalue weighted by Crippen LogP contribution is 2.22. The minimum absolute atomic E-state index is 0.118. The first kappa shape index (κ1) is 18.4. The minimum atomic E-state index is -3.56. The third kappa shape index (κ3) is 4.41. The second kappa shape index (κ2) is 7.46. The van der Waals surface area contributed by atoms with Crippen molar-refractivity contribution in [1.82, 2.24) is 19.8 Å². The van der Waals surface area contributed by atoms with Crippen molar-refractivity contribution in [2.75, 3.05) is 26.4 Å². The number of carbonyl (C=O) groups is 1. The molecule has 0 aliphatic carbocycles. The number of imidazole rings is 1. The van der Waals surface area contributed by atoms with E-state index < -0.39 is 10.1 Å². The maximum absolute atomic E-state index is 12.6. The maximum Gasteiger partial charge on any atom is 0.329 e. The largest absolute Gasteiger partial charge is 0.383 e. The quantitative estimate of drug-likeness (QED) is 0.811. The van der Waals surface area contributed by atoms with E-state index in [1.165, 1.54) is 10.9 Å². The first-order valence-electron chi connectivity index (χ1n) is 8.35. The fraction of sp³-hybridized carbons (Fsp3) is 0.412. The third-order valence-electron chi connectivity index (χ3n) is 4.36. The van der Waals surface area contributed by atoms with Gasteiger partial charge in [0.1, 0.15) is 12.1 Å². The summed E-state index contributed by atoms with van der Waals surface area (Å²) in [4.78, 5) is 18.7. The molecular formula is C17H22N4O4S. The average Bonchev–Trinajstić information content (AvgIpc) is 3.10. The van der Waals surface area contributed by atoms with Crippen LogP contribution in [0.2, 0.25) is 0 Å². The summed E-state index contributed by atoms with van der Waals surface area (Å²) in [6, 6.07) is 6.62. The second-order valence-electron chi connectivity index (χ2n) is 6.35.